The molecule has 1 aliphatic rings. The molecule has 0 fully saturated rings. The van der Waals surface area contributed by atoms with E-state index in [1.54, 1.807) is 30.7 Å². The third-order valence-corrected chi connectivity index (χ3v) is 7.14. The van der Waals surface area contributed by atoms with Gasteiger partial charge in [-0.2, -0.15) is 0 Å². The van der Waals surface area contributed by atoms with Gasteiger partial charge in [0.05, 0.1) is 31.1 Å². The minimum Gasteiger partial charge on any atom is -0.394 e. The second-order valence-electron chi connectivity index (χ2n) is 9.90. The standard InChI is InChI=1S/C29H35N3O5/c1-18-14-32(19(2)16-33)28(34)25-13-9-8-12-24(25)23-11-7-6-10-22(23)17-36-26(18)15-31(5)29(35)27-20(3)30-37-21(27)4/h6-13,18-19,26,33H,14-17H2,1-5H3/t18-,19-,26-/m0/s1. The Morgan fingerprint density at radius 1 is 1.14 bits per heavy atom. The molecular weight excluding hydrogens is 470 g/mol. The summed E-state index contributed by atoms with van der Waals surface area (Å²) in [5.41, 5.74) is 4.31. The fourth-order valence-corrected chi connectivity index (χ4v) is 4.88. The number of likely N-dealkylation sites (N-methyl/N-ethyl adjacent to an activating group) is 1. The van der Waals surface area contributed by atoms with Crippen LogP contribution in [0.25, 0.3) is 11.1 Å². The van der Waals surface area contributed by atoms with Crippen LogP contribution in [-0.2, 0) is 11.3 Å². The van der Waals surface area contributed by atoms with Gasteiger partial charge in [-0.3, -0.25) is 9.59 Å². The first-order chi connectivity index (χ1) is 17.7. The van der Waals surface area contributed by atoms with Crippen LogP contribution in [0.15, 0.2) is 53.1 Å². The van der Waals surface area contributed by atoms with Crippen molar-refractivity contribution < 1.29 is 24.0 Å². The van der Waals surface area contributed by atoms with Crippen LogP contribution in [0.1, 0.15) is 51.6 Å². The summed E-state index contributed by atoms with van der Waals surface area (Å²) < 4.78 is 11.7. The molecule has 0 unspecified atom stereocenters. The van der Waals surface area contributed by atoms with E-state index in [9.17, 15) is 14.7 Å². The highest BCUT2D eigenvalue weighted by Gasteiger charge is 2.32. The Balaban J connectivity index is 1.72. The van der Waals surface area contributed by atoms with Crippen LogP contribution in [0.3, 0.4) is 0 Å². The molecule has 196 valence electrons. The second-order valence-corrected chi connectivity index (χ2v) is 9.90. The molecule has 2 heterocycles. The summed E-state index contributed by atoms with van der Waals surface area (Å²) in [5.74, 6) is 0.0201. The largest absolute Gasteiger partial charge is 0.394 e. The van der Waals surface area contributed by atoms with E-state index in [0.29, 0.717) is 42.3 Å². The molecule has 1 aromatic heterocycles. The summed E-state index contributed by atoms with van der Waals surface area (Å²) in [5, 5.41) is 13.9. The Hall–Kier alpha value is -3.49. The van der Waals surface area contributed by atoms with Gasteiger partial charge < -0.3 is 24.2 Å². The molecule has 37 heavy (non-hydrogen) atoms. The van der Waals surface area contributed by atoms with Crippen molar-refractivity contribution in [1.29, 1.82) is 0 Å². The fraction of sp³-hybridized carbons (Fsp3) is 0.414. The maximum Gasteiger partial charge on any atom is 0.259 e. The summed E-state index contributed by atoms with van der Waals surface area (Å²) >= 11 is 0. The molecule has 8 heteroatoms. The van der Waals surface area contributed by atoms with Crippen LogP contribution in [0.5, 0.6) is 0 Å². The molecular formula is C29H35N3O5. The van der Waals surface area contributed by atoms with Crippen LogP contribution in [-0.4, -0.2) is 70.8 Å². The molecule has 4 rings (SSSR count). The highest BCUT2D eigenvalue weighted by atomic mass is 16.5. The van der Waals surface area contributed by atoms with E-state index in [4.69, 9.17) is 9.26 Å². The van der Waals surface area contributed by atoms with Crippen molar-refractivity contribution in [3.8, 4) is 11.1 Å². The molecule has 0 bridgehead atoms. The van der Waals surface area contributed by atoms with E-state index >= 15 is 0 Å². The van der Waals surface area contributed by atoms with Gasteiger partial charge in [-0.1, -0.05) is 54.5 Å². The molecule has 2 aromatic carbocycles. The zero-order chi connectivity index (χ0) is 26.7. The van der Waals surface area contributed by atoms with Gasteiger partial charge in [0, 0.05) is 31.6 Å². The quantitative estimate of drug-likeness (QED) is 0.561. The number of aliphatic hydroxyl groups excluding tert-OH is 1. The number of hydrogen-bond acceptors (Lipinski definition) is 6. The third-order valence-electron chi connectivity index (χ3n) is 7.14. The number of amides is 2. The van der Waals surface area contributed by atoms with E-state index in [1.165, 1.54) is 0 Å². The maximum atomic E-state index is 13.9. The molecule has 0 aliphatic carbocycles. The molecule has 0 saturated heterocycles. The molecule has 2 amide bonds. The number of benzene rings is 2. The Labute approximate surface area is 217 Å². The van der Waals surface area contributed by atoms with Gasteiger partial charge in [0.2, 0.25) is 0 Å². The lowest BCUT2D eigenvalue weighted by Crippen LogP contribution is -2.47. The van der Waals surface area contributed by atoms with Crippen LogP contribution in [0.2, 0.25) is 0 Å². The minimum atomic E-state index is -0.388. The van der Waals surface area contributed by atoms with Crippen LogP contribution >= 0.6 is 0 Å². The lowest BCUT2D eigenvalue weighted by atomic mass is 9.94. The lowest BCUT2D eigenvalue weighted by molar-refractivity contribution is -0.0209. The number of ether oxygens (including phenoxy) is 1. The predicted octanol–water partition coefficient (Wildman–Crippen LogP) is 4.09. The lowest BCUT2D eigenvalue weighted by Gasteiger charge is -2.35. The summed E-state index contributed by atoms with van der Waals surface area (Å²) in [4.78, 5) is 30.5. The van der Waals surface area contributed by atoms with Gasteiger partial charge in [-0.05, 0) is 43.5 Å². The zero-order valence-electron chi connectivity index (χ0n) is 22.1. The van der Waals surface area contributed by atoms with Gasteiger partial charge in [0.15, 0.2) is 0 Å². The van der Waals surface area contributed by atoms with E-state index in [0.717, 1.165) is 16.7 Å². The monoisotopic (exact) mass is 505 g/mol. The van der Waals surface area contributed by atoms with E-state index in [2.05, 4.69) is 5.16 Å². The molecule has 0 saturated carbocycles. The van der Waals surface area contributed by atoms with Crippen LogP contribution in [0.4, 0.5) is 0 Å². The Kier molecular flexibility index (Phi) is 8.10. The number of fused-ring (bicyclic) bond motifs is 3. The number of rotatable bonds is 5. The normalized spacial score (nSPS) is 19.0. The Bertz CT molecular complexity index is 1250. The van der Waals surface area contributed by atoms with Gasteiger partial charge >= 0.3 is 0 Å². The highest BCUT2D eigenvalue weighted by molar-refractivity contribution is 6.01. The number of hydrogen-bond donors (Lipinski definition) is 1. The molecule has 0 spiro atoms. The molecule has 1 aliphatic heterocycles. The number of aryl methyl sites for hydroxylation is 2. The maximum absolute atomic E-state index is 13.9. The molecule has 1 N–H and O–H groups in total. The van der Waals surface area contributed by atoms with Crippen molar-refractivity contribution in [2.45, 2.75) is 46.4 Å². The number of carbonyl (C=O) groups is 2. The van der Waals surface area contributed by atoms with Crippen molar-refractivity contribution >= 4 is 11.8 Å². The second kappa shape index (κ2) is 11.3. The van der Waals surface area contributed by atoms with Crippen molar-refractivity contribution in [2.75, 3.05) is 26.7 Å². The summed E-state index contributed by atoms with van der Waals surface area (Å²) in [7, 11) is 1.73. The first kappa shape index (κ1) is 26.6. The van der Waals surface area contributed by atoms with Gasteiger partial charge in [-0.15, -0.1) is 0 Å². The zero-order valence-corrected chi connectivity index (χ0v) is 22.1. The van der Waals surface area contributed by atoms with Gasteiger partial charge in [0.1, 0.15) is 11.3 Å². The predicted molar refractivity (Wildman–Crippen MR) is 140 cm³/mol. The third kappa shape index (κ3) is 5.45. The highest BCUT2D eigenvalue weighted by Crippen LogP contribution is 2.31. The minimum absolute atomic E-state index is 0.129. The van der Waals surface area contributed by atoms with Crippen LogP contribution in [0, 0.1) is 19.8 Å². The number of aromatic nitrogens is 1. The van der Waals surface area contributed by atoms with Crippen molar-refractivity contribution in [3.05, 3.63) is 76.7 Å². The first-order valence-corrected chi connectivity index (χ1v) is 12.6. The van der Waals surface area contributed by atoms with Crippen molar-refractivity contribution in [2.24, 2.45) is 5.92 Å². The Morgan fingerprint density at radius 3 is 2.43 bits per heavy atom. The SMILES string of the molecule is Cc1noc(C)c1C(=O)N(C)C[C@@H]1OCc2ccccc2-c2ccccc2C(=O)N([C@@H](C)CO)C[C@@H]1C. The summed E-state index contributed by atoms with van der Waals surface area (Å²) in [6.45, 7) is 8.17. The number of nitrogens with zero attached hydrogens (tertiary/aromatic N) is 3. The molecule has 3 atom stereocenters. The van der Waals surface area contributed by atoms with Crippen molar-refractivity contribution in [3.63, 3.8) is 0 Å². The van der Waals surface area contributed by atoms with E-state index < -0.39 is 0 Å². The molecule has 0 radical (unpaired) electrons. The van der Waals surface area contributed by atoms with Gasteiger partial charge in [-0.25, -0.2) is 0 Å². The average molecular weight is 506 g/mol. The van der Waals surface area contributed by atoms with E-state index in [1.807, 2.05) is 62.4 Å². The topological polar surface area (TPSA) is 96.1 Å². The average Bonchev–Trinajstić information content (AvgIpc) is 3.24. The number of aliphatic hydroxyl groups is 1. The van der Waals surface area contributed by atoms with Crippen molar-refractivity contribution in [1.82, 2.24) is 15.0 Å². The van der Waals surface area contributed by atoms with Crippen LogP contribution < -0.4 is 0 Å². The molecule has 8 nitrogen and oxygen atoms in total. The number of carbonyl (C=O) groups excluding carboxylic acids is 2. The first-order valence-electron chi connectivity index (χ1n) is 12.6. The Morgan fingerprint density at radius 2 is 1.78 bits per heavy atom. The fourth-order valence-electron chi connectivity index (χ4n) is 4.88. The summed E-state index contributed by atoms with van der Waals surface area (Å²) in [6, 6.07) is 15.1. The van der Waals surface area contributed by atoms with E-state index in [-0.39, 0.29) is 36.5 Å². The smallest absolute Gasteiger partial charge is 0.259 e. The summed E-state index contributed by atoms with van der Waals surface area (Å²) in [6.07, 6.45) is -0.370. The molecule has 3 aromatic rings. The van der Waals surface area contributed by atoms with Gasteiger partial charge in [0.25, 0.3) is 11.8 Å².